The van der Waals surface area contributed by atoms with Crippen LogP contribution in [0.4, 0.5) is 21.8 Å². The topological polar surface area (TPSA) is 101 Å². The van der Waals surface area contributed by atoms with Gasteiger partial charge in [0.15, 0.2) is 5.82 Å². The number of halogens is 1. The van der Waals surface area contributed by atoms with E-state index in [0.29, 0.717) is 47.5 Å². The predicted octanol–water partition coefficient (Wildman–Crippen LogP) is 2.90. The highest BCUT2D eigenvalue weighted by molar-refractivity contribution is 6.03. The molecule has 168 valence electrons. The number of nitrogens with one attached hydrogen (secondary N) is 2. The lowest BCUT2D eigenvalue weighted by atomic mass is 9.99. The van der Waals surface area contributed by atoms with Crippen LogP contribution in [-0.2, 0) is 17.9 Å². The summed E-state index contributed by atoms with van der Waals surface area (Å²) in [6.45, 7) is 8.29. The first-order valence-electron chi connectivity index (χ1n) is 10.5. The summed E-state index contributed by atoms with van der Waals surface area (Å²) < 4.78 is 15.9. The number of amides is 1. The molecular weight excluding hydrogens is 411 g/mol. The molecule has 0 saturated carbocycles. The molecule has 3 aromatic rings. The van der Waals surface area contributed by atoms with Crippen molar-refractivity contribution in [2.75, 3.05) is 22.6 Å². The van der Waals surface area contributed by atoms with Crippen molar-refractivity contribution in [1.29, 1.82) is 0 Å². The summed E-state index contributed by atoms with van der Waals surface area (Å²) in [4.78, 5) is 27.5. The minimum atomic E-state index is -0.309. The molecule has 0 aliphatic carbocycles. The molecule has 0 radical (unpaired) electrons. The molecule has 4 rings (SSSR count). The SMILES string of the molecule is Cc1nccc(Cn2cc(CNc3nc(C)c4c(n3)N(C)[C@@H](C(C)C)C(=O)N4)cn2)c1F. The fourth-order valence-electron chi connectivity index (χ4n) is 3.96. The van der Waals surface area contributed by atoms with Crippen LogP contribution in [0.25, 0.3) is 0 Å². The predicted molar refractivity (Wildman–Crippen MR) is 120 cm³/mol. The van der Waals surface area contributed by atoms with Gasteiger partial charge in [-0.1, -0.05) is 13.8 Å². The third-order valence-electron chi connectivity index (χ3n) is 5.58. The van der Waals surface area contributed by atoms with E-state index in [1.165, 1.54) is 0 Å². The van der Waals surface area contributed by atoms with Crippen LogP contribution >= 0.6 is 0 Å². The summed E-state index contributed by atoms with van der Waals surface area (Å²) in [6.07, 6.45) is 5.18. The van der Waals surface area contributed by atoms with Crippen molar-refractivity contribution >= 4 is 23.4 Å². The minimum Gasteiger partial charge on any atom is -0.350 e. The average Bonchev–Trinajstić information content (AvgIpc) is 3.18. The molecule has 9 nitrogen and oxygen atoms in total. The highest BCUT2D eigenvalue weighted by Gasteiger charge is 2.35. The largest absolute Gasteiger partial charge is 0.350 e. The Morgan fingerprint density at radius 2 is 2.03 bits per heavy atom. The number of rotatable bonds is 6. The summed E-state index contributed by atoms with van der Waals surface area (Å²) in [7, 11) is 1.88. The maximum absolute atomic E-state index is 14.2. The highest BCUT2D eigenvalue weighted by atomic mass is 19.1. The van der Waals surface area contributed by atoms with Gasteiger partial charge in [-0.2, -0.15) is 10.1 Å². The highest BCUT2D eigenvalue weighted by Crippen LogP contribution is 2.34. The van der Waals surface area contributed by atoms with Crippen molar-refractivity contribution in [3.05, 3.63) is 53.0 Å². The lowest BCUT2D eigenvalue weighted by molar-refractivity contribution is -0.118. The Kier molecular flexibility index (Phi) is 5.77. The van der Waals surface area contributed by atoms with Crippen LogP contribution in [0.1, 0.15) is 36.4 Å². The van der Waals surface area contributed by atoms with Crippen LogP contribution in [-0.4, -0.2) is 43.7 Å². The first kappa shape index (κ1) is 21.7. The molecule has 4 heterocycles. The number of aryl methyl sites for hydroxylation is 2. The molecule has 0 saturated heterocycles. The normalized spacial score (nSPS) is 15.7. The zero-order valence-electron chi connectivity index (χ0n) is 18.8. The fourth-order valence-corrected chi connectivity index (χ4v) is 3.96. The Balaban J connectivity index is 1.48. The number of likely N-dealkylation sites (N-methyl/N-ethyl adjacent to an activating group) is 1. The second-order valence-electron chi connectivity index (χ2n) is 8.39. The molecule has 0 aromatic carbocycles. The standard InChI is InChI=1S/C22H27FN8O/c1-12(2)19-21(32)28-18-14(4)27-22(29-20(18)30(19)5)25-8-15-9-26-31(10-15)11-16-6-7-24-13(3)17(16)23/h6-7,9-10,12,19H,8,11H2,1-5H3,(H,28,32)(H,25,27,29)/t19-/m0/s1. The first-order valence-corrected chi connectivity index (χ1v) is 10.5. The van der Waals surface area contributed by atoms with E-state index in [-0.39, 0.29) is 23.7 Å². The molecule has 1 aliphatic rings. The van der Waals surface area contributed by atoms with Gasteiger partial charge in [0.2, 0.25) is 11.9 Å². The van der Waals surface area contributed by atoms with E-state index in [9.17, 15) is 9.18 Å². The van der Waals surface area contributed by atoms with E-state index in [1.54, 1.807) is 30.1 Å². The second-order valence-corrected chi connectivity index (χ2v) is 8.39. The number of pyridine rings is 1. The Morgan fingerprint density at radius 1 is 1.25 bits per heavy atom. The summed E-state index contributed by atoms with van der Waals surface area (Å²) in [5, 5.41) is 10.5. The van der Waals surface area contributed by atoms with Crippen LogP contribution in [0.3, 0.4) is 0 Å². The molecule has 10 heteroatoms. The van der Waals surface area contributed by atoms with Gasteiger partial charge < -0.3 is 15.5 Å². The van der Waals surface area contributed by atoms with Crippen molar-refractivity contribution in [1.82, 2.24) is 24.7 Å². The van der Waals surface area contributed by atoms with E-state index in [2.05, 4.69) is 30.7 Å². The van der Waals surface area contributed by atoms with Gasteiger partial charge in [0, 0.05) is 37.1 Å². The fraction of sp³-hybridized carbons (Fsp3) is 0.409. The van der Waals surface area contributed by atoms with Crippen molar-refractivity contribution in [2.45, 2.75) is 46.8 Å². The minimum absolute atomic E-state index is 0.0457. The quantitative estimate of drug-likeness (QED) is 0.610. The number of anilines is 3. The molecule has 1 atom stereocenters. The average molecular weight is 439 g/mol. The summed E-state index contributed by atoms with van der Waals surface area (Å²) in [5.41, 5.74) is 3.16. The van der Waals surface area contributed by atoms with Gasteiger partial charge in [0.05, 0.1) is 24.1 Å². The molecule has 2 N–H and O–H groups in total. The molecule has 0 bridgehead atoms. The van der Waals surface area contributed by atoms with Crippen LogP contribution in [0.2, 0.25) is 0 Å². The molecule has 0 unspecified atom stereocenters. The molecule has 1 amide bonds. The number of hydrogen-bond donors (Lipinski definition) is 2. The van der Waals surface area contributed by atoms with E-state index in [4.69, 9.17) is 0 Å². The van der Waals surface area contributed by atoms with Crippen molar-refractivity contribution < 1.29 is 9.18 Å². The number of fused-ring (bicyclic) bond motifs is 1. The molecule has 1 aliphatic heterocycles. The zero-order chi connectivity index (χ0) is 23.0. The Bertz CT molecular complexity index is 1160. The maximum atomic E-state index is 14.2. The van der Waals surface area contributed by atoms with E-state index in [1.807, 2.05) is 38.9 Å². The lowest BCUT2D eigenvalue weighted by Crippen LogP contribution is -2.49. The van der Waals surface area contributed by atoms with E-state index < -0.39 is 0 Å². The molecule has 0 fully saturated rings. The van der Waals surface area contributed by atoms with Crippen LogP contribution in [0.5, 0.6) is 0 Å². The van der Waals surface area contributed by atoms with Crippen molar-refractivity contribution in [3.63, 3.8) is 0 Å². The van der Waals surface area contributed by atoms with Gasteiger partial charge in [-0.3, -0.25) is 14.5 Å². The van der Waals surface area contributed by atoms with Crippen LogP contribution < -0.4 is 15.5 Å². The molecule has 3 aromatic heterocycles. The summed E-state index contributed by atoms with van der Waals surface area (Å²) >= 11 is 0. The smallest absolute Gasteiger partial charge is 0.247 e. The van der Waals surface area contributed by atoms with Gasteiger partial charge >= 0.3 is 0 Å². The van der Waals surface area contributed by atoms with Crippen LogP contribution in [0.15, 0.2) is 24.7 Å². The van der Waals surface area contributed by atoms with Gasteiger partial charge in [0.25, 0.3) is 0 Å². The zero-order valence-corrected chi connectivity index (χ0v) is 18.8. The lowest BCUT2D eigenvalue weighted by Gasteiger charge is -2.36. The number of hydrogen-bond acceptors (Lipinski definition) is 7. The monoisotopic (exact) mass is 438 g/mol. The van der Waals surface area contributed by atoms with Crippen LogP contribution in [0, 0.1) is 25.6 Å². The van der Waals surface area contributed by atoms with Gasteiger partial charge in [0.1, 0.15) is 17.5 Å². The third kappa shape index (κ3) is 4.12. The molecular formula is C22H27FN8O. The summed E-state index contributed by atoms with van der Waals surface area (Å²) in [5.74, 6) is 0.944. The Labute approximate surface area is 186 Å². The van der Waals surface area contributed by atoms with Crippen molar-refractivity contribution in [3.8, 4) is 0 Å². The maximum Gasteiger partial charge on any atom is 0.247 e. The van der Waals surface area contributed by atoms with Crippen molar-refractivity contribution in [2.24, 2.45) is 5.92 Å². The second kappa shape index (κ2) is 8.52. The number of aromatic nitrogens is 5. The van der Waals surface area contributed by atoms with Gasteiger partial charge in [-0.15, -0.1) is 0 Å². The molecule has 0 spiro atoms. The van der Waals surface area contributed by atoms with E-state index in [0.717, 1.165) is 5.56 Å². The summed E-state index contributed by atoms with van der Waals surface area (Å²) in [6, 6.07) is 1.37. The number of carbonyl (C=O) groups is 1. The van der Waals surface area contributed by atoms with E-state index >= 15 is 0 Å². The molecule has 32 heavy (non-hydrogen) atoms. The van der Waals surface area contributed by atoms with Gasteiger partial charge in [-0.25, -0.2) is 9.37 Å². The number of carbonyl (C=O) groups excluding carboxylic acids is 1. The Hall–Kier alpha value is -3.56. The van der Waals surface area contributed by atoms with Gasteiger partial charge in [-0.05, 0) is 25.8 Å². The number of nitrogens with zero attached hydrogens (tertiary/aromatic N) is 6. The third-order valence-corrected chi connectivity index (χ3v) is 5.58. The first-order chi connectivity index (χ1) is 15.2. The Morgan fingerprint density at radius 3 is 2.78 bits per heavy atom.